The van der Waals surface area contributed by atoms with Gasteiger partial charge in [0.1, 0.15) is 12.4 Å². The van der Waals surface area contributed by atoms with Gasteiger partial charge in [-0.25, -0.2) is 0 Å². The molecule has 0 radical (unpaired) electrons. The van der Waals surface area contributed by atoms with Crippen molar-refractivity contribution in [2.24, 2.45) is 4.99 Å². The predicted molar refractivity (Wildman–Crippen MR) is 91.6 cm³/mol. The predicted octanol–water partition coefficient (Wildman–Crippen LogP) is 3.89. The summed E-state index contributed by atoms with van der Waals surface area (Å²) in [6.45, 7) is 4.51. The molecule has 2 aromatic carbocycles. The largest absolute Gasteiger partial charge is 0.281 e. The van der Waals surface area contributed by atoms with E-state index in [-0.39, 0.29) is 0 Å². The molecule has 114 valence electrons. The number of benzene rings is 2. The molecule has 0 aliphatic carbocycles. The van der Waals surface area contributed by atoms with Crippen LogP contribution in [0.5, 0.6) is 0 Å². The lowest BCUT2D eigenvalue weighted by Gasteiger charge is -2.16. The van der Waals surface area contributed by atoms with E-state index in [0.717, 1.165) is 39.7 Å². The summed E-state index contributed by atoms with van der Waals surface area (Å²) < 4.78 is 2.08. The molecule has 0 bridgehead atoms. The number of rotatable bonds is 1. The third kappa shape index (κ3) is 2.26. The van der Waals surface area contributed by atoms with E-state index in [2.05, 4.69) is 33.8 Å². The van der Waals surface area contributed by atoms with Gasteiger partial charge in [-0.05, 0) is 31.5 Å². The molecule has 0 atom stereocenters. The van der Waals surface area contributed by atoms with Crippen molar-refractivity contribution in [3.8, 4) is 5.69 Å². The summed E-state index contributed by atoms with van der Waals surface area (Å²) in [6.07, 6.45) is 0. The Morgan fingerprint density at radius 3 is 2.61 bits per heavy atom. The van der Waals surface area contributed by atoms with Crippen molar-refractivity contribution < 1.29 is 0 Å². The SMILES string of the molecule is Cc1cc(Cl)cc2c1-n1c(C)nnc1CN=C2c1ccccc1. The maximum atomic E-state index is 6.33. The Hall–Kier alpha value is -2.46. The number of fused-ring (bicyclic) bond motifs is 3. The number of hydrogen-bond donors (Lipinski definition) is 0. The molecule has 1 aliphatic rings. The van der Waals surface area contributed by atoms with E-state index in [1.807, 2.05) is 37.3 Å². The van der Waals surface area contributed by atoms with Crippen LogP contribution in [0.25, 0.3) is 5.69 Å². The van der Waals surface area contributed by atoms with Crippen molar-refractivity contribution in [3.05, 3.63) is 75.8 Å². The monoisotopic (exact) mass is 322 g/mol. The van der Waals surface area contributed by atoms with Crippen molar-refractivity contribution in [3.63, 3.8) is 0 Å². The van der Waals surface area contributed by atoms with Crippen LogP contribution < -0.4 is 0 Å². The second-order valence-electron chi connectivity index (χ2n) is 5.65. The van der Waals surface area contributed by atoms with E-state index in [1.54, 1.807) is 0 Å². The fraction of sp³-hybridized carbons (Fsp3) is 0.167. The van der Waals surface area contributed by atoms with Gasteiger partial charge in [-0.15, -0.1) is 10.2 Å². The molecule has 2 heterocycles. The molecule has 0 unspecified atom stereocenters. The quantitative estimate of drug-likeness (QED) is 0.682. The molecule has 0 fully saturated rings. The minimum atomic E-state index is 0.497. The van der Waals surface area contributed by atoms with Gasteiger partial charge >= 0.3 is 0 Å². The van der Waals surface area contributed by atoms with Gasteiger partial charge in [0.25, 0.3) is 0 Å². The lowest BCUT2D eigenvalue weighted by atomic mass is 9.98. The summed E-state index contributed by atoms with van der Waals surface area (Å²) in [5.74, 6) is 1.70. The highest BCUT2D eigenvalue weighted by Gasteiger charge is 2.23. The highest BCUT2D eigenvalue weighted by Crippen LogP contribution is 2.30. The first-order chi connectivity index (χ1) is 11.1. The van der Waals surface area contributed by atoms with Crippen LogP contribution in [0.2, 0.25) is 5.02 Å². The van der Waals surface area contributed by atoms with Gasteiger partial charge in [-0.2, -0.15) is 0 Å². The van der Waals surface area contributed by atoms with Gasteiger partial charge in [0, 0.05) is 16.1 Å². The molecular weight excluding hydrogens is 308 g/mol. The molecule has 4 nitrogen and oxygen atoms in total. The maximum Gasteiger partial charge on any atom is 0.159 e. The molecular formula is C18H15ClN4. The molecule has 0 spiro atoms. The van der Waals surface area contributed by atoms with E-state index in [9.17, 15) is 0 Å². The maximum absolute atomic E-state index is 6.33. The summed E-state index contributed by atoms with van der Waals surface area (Å²) >= 11 is 6.33. The van der Waals surface area contributed by atoms with Gasteiger partial charge in [-0.3, -0.25) is 9.56 Å². The van der Waals surface area contributed by atoms with Crippen LogP contribution in [0.15, 0.2) is 47.5 Å². The minimum Gasteiger partial charge on any atom is -0.281 e. The number of halogens is 1. The second kappa shape index (κ2) is 5.32. The van der Waals surface area contributed by atoms with Gasteiger partial charge in [0.05, 0.1) is 11.4 Å². The third-order valence-corrected chi connectivity index (χ3v) is 4.28. The Bertz CT molecular complexity index is 926. The number of nitrogens with zero attached hydrogens (tertiary/aromatic N) is 4. The van der Waals surface area contributed by atoms with E-state index in [0.29, 0.717) is 11.6 Å². The van der Waals surface area contributed by atoms with Crippen LogP contribution in [-0.2, 0) is 6.54 Å². The van der Waals surface area contributed by atoms with Crippen LogP contribution >= 0.6 is 11.6 Å². The Balaban J connectivity index is 2.06. The molecule has 4 rings (SSSR count). The lowest BCUT2D eigenvalue weighted by Crippen LogP contribution is -2.10. The molecule has 23 heavy (non-hydrogen) atoms. The molecule has 0 saturated carbocycles. The molecule has 3 aromatic rings. The van der Waals surface area contributed by atoms with E-state index < -0.39 is 0 Å². The zero-order valence-electron chi connectivity index (χ0n) is 12.9. The van der Waals surface area contributed by atoms with Crippen molar-refractivity contribution in [2.45, 2.75) is 20.4 Å². The van der Waals surface area contributed by atoms with E-state index >= 15 is 0 Å². The first-order valence-electron chi connectivity index (χ1n) is 7.47. The fourth-order valence-corrected chi connectivity index (χ4v) is 3.36. The average molecular weight is 323 g/mol. The van der Waals surface area contributed by atoms with Crippen LogP contribution in [0.4, 0.5) is 0 Å². The third-order valence-electron chi connectivity index (χ3n) is 4.06. The molecule has 5 heteroatoms. The first-order valence-corrected chi connectivity index (χ1v) is 7.84. The van der Waals surface area contributed by atoms with Gasteiger partial charge in [0.2, 0.25) is 0 Å². The first kappa shape index (κ1) is 14.2. The van der Waals surface area contributed by atoms with Crippen LogP contribution in [-0.4, -0.2) is 20.5 Å². The molecule has 0 N–H and O–H groups in total. The summed E-state index contributed by atoms with van der Waals surface area (Å²) in [5, 5.41) is 9.20. The Morgan fingerprint density at radius 2 is 1.83 bits per heavy atom. The second-order valence-corrected chi connectivity index (χ2v) is 6.09. The number of aromatic nitrogens is 3. The summed E-state index contributed by atoms with van der Waals surface area (Å²) in [6, 6.07) is 14.1. The Kier molecular flexibility index (Phi) is 3.27. The Labute approximate surface area is 139 Å². The zero-order valence-corrected chi connectivity index (χ0v) is 13.7. The summed E-state index contributed by atoms with van der Waals surface area (Å²) in [4.78, 5) is 4.81. The standard InChI is InChI=1S/C18H15ClN4/c1-11-8-14(19)9-15-17(13-6-4-3-5-7-13)20-10-16-22-21-12(2)23(16)18(11)15/h3-9H,10H2,1-2H3. The van der Waals surface area contributed by atoms with Gasteiger partial charge in [0.15, 0.2) is 5.82 Å². The highest BCUT2D eigenvalue weighted by molar-refractivity contribution is 6.31. The van der Waals surface area contributed by atoms with Gasteiger partial charge < -0.3 is 0 Å². The van der Waals surface area contributed by atoms with Crippen molar-refractivity contribution in [1.82, 2.24) is 14.8 Å². The molecule has 0 saturated heterocycles. The van der Waals surface area contributed by atoms with Crippen LogP contribution in [0, 0.1) is 13.8 Å². The summed E-state index contributed by atoms with van der Waals surface area (Å²) in [7, 11) is 0. The van der Waals surface area contributed by atoms with Crippen molar-refractivity contribution >= 4 is 17.3 Å². The normalized spacial score (nSPS) is 13.1. The highest BCUT2D eigenvalue weighted by atomic mass is 35.5. The van der Waals surface area contributed by atoms with E-state index in [4.69, 9.17) is 16.6 Å². The van der Waals surface area contributed by atoms with Crippen LogP contribution in [0.1, 0.15) is 28.3 Å². The van der Waals surface area contributed by atoms with Crippen molar-refractivity contribution in [1.29, 1.82) is 0 Å². The number of aryl methyl sites for hydroxylation is 2. The smallest absolute Gasteiger partial charge is 0.159 e. The topological polar surface area (TPSA) is 43.1 Å². The number of hydrogen-bond acceptors (Lipinski definition) is 3. The molecule has 1 aliphatic heterocycles. The van der Waals surface area contributed by atoms with Crippen LogP contribution in [0.3, 0.4) is 0 Å². The fourth-order valence-electron chi connectivity index (χ4n) is 3.09. The Morgan fingerprint density at radius 1 is 1.04 bits per heavy atom. The minimum absolute atomic E-state index is 0.497. The molecule has 0 amide bonds. The lowest BCUT2D eigenvalue weighted by molar-refractivity contribution is 0.858. The number of aliphatic imine (C=N–C) groups is 1. The van der Waals surface area contributed by atoms with Crippen molar-refractivity contribution in [2.75, 3.05) is 0 Å². The zero-order chi connectivity index (χ0) is 16.0. The summed E-state index contributed by atoms with van der Waals surface area (Å²) in [5.41, 5.74) is 5.18. The van der Waals surface area contributed by atoms with E-state index in [1.165, 1.54) is 0 Å². The van der Waals surface area contributed by atoms with Gasteiger partial charge in [-0.1, -0.05) is 41.9 Å². The average Bonchev–Trinajstić information content (AvgIpc) is 2.80. The molecule has 1 aromatic heterocycles.